The van der Waals surface area contributed by atoms with Gasteiger partial charge in [-0.2, -0.15) is 0 Å². The van der Waals surface area contributed by atoms with Crippen LogP contribution < -0.4 is 5.32 Å². The summed E-state index contributed by atoms with van der Waals surface area (Å²) in [7, 11) is 0. The molecule has 2 aliphatic rings. The summed E-state index contributed by atoms with van der Waals surface area (Å²) in [6.45, 7) is 8.00. The summed E-state index contributed by atoms with van der Waals surface area (Å²) in [5.74, 6) is 1.82. The highest BCUT2D eigenvalue weighted by molar-refractivity contribution is 4.89. The highest BCUT2D eigenvalue weighted by Crippen LogP contribution is 2.34. The van der Waals surface area contributed by atoms with Gasteiger partial charge in [0.25, 0.3) is 0 Å². The molecule has 2 rings (SSSR count). The Morgan fingerprint density at radius 1 is 1.17 bits per heavy atom. The molecule has 5 atom stereocenters. The standard InChI is InChI=1S/C16H31NO/c1-4-6-15-11-14(9-10-18-15)17-16-8-7-13(5-2)12(16)3/h12-17H,4-11H2,1-3H3. The van der Waals surface area contributed by atoms with Crippen molar-refractivity contribution in [3.05, 3.63) is 0 Å². The molecular weight excluding hydrogens is 222 g/mol. The maximum absolute atomic E-state index is 5.84. The lowest BCUT2D eigenvalue weighted by Gasteiger charge is -2.33. The predicted molar refractivity (Wildman–Crippen MR) is 76.8 cm³/mol. The Morgan fingerprint density at radius 3 is 2.67 bits per heavy atom. The summed E-state index contributed by atoms with van der Waals surface area (Å²) >= 11 is 0. The fraction of sp³-hybridized carbons (Fsp3) is 1.00. The number of ether oxygens (including phenoxy) is 1. The van der Waals surface area contributed by atoms with Gasteiger partial charge < -0.3 is 10.1 Å². The number of rotatable bonds is 5. The van der Waals surface area contributed by atoms with Crippen LogP contribution in [-0.4, -0.2) is 24.8 Å². The van der Waals surface area contributed by atoms with Crippen molar-refractivity contribution < 1.29 is 4.74 Å². The normalized spacial score (nSPS) is 41.2. The summed E-state index contributed by atoms with van der Waals surface area (Å²) < 4.78 is 5.84. The minimum absolute atomic E-state index is 0.514. The van der Waals surface area contributed by atoms with Crippen LogP contribution in [0.1, 0.15) is 65.7 Å². The summed E-state index contributed by atoms with van der Waals surface area (Å²) in [4.78, 5) is 0. The third kappa shape index (κ3) is 3.48. The molecule has 2 heteroatoms. The van der Waals surface area contributed by atoms with Crippen molar-refractivity contribution in [1.29, 1.82) is 0 Å². The molecule has 1 aliphatic carbocycles. The third-order valence-electron chi connectivity index (χ3n) is 5.18. The van der Waals surface area contributed by atoms with Crippen LogP contribution in [0.3, 0.4) is 0 Å². The van der Waals surface area contributed by atoms with Crippen LogP contribution in [0.4, 0.5) is 0 Å². The first-order valence-corrected chi connectivity index (χ1v) is 8.12. The monoisotopic (exact) mass is 253 g/mol. The molecule has 2 fully saturated rings. The van der Waals surface area contributed by atoms with Gasteiger partial charge in [0.2, 0.25) is 0 Å². The second-order valence-electron chi connectivity index (χ2n) is 6.38. The molecule has 1 saturated heterocycles. The second-order valence-corrected chi connectivity index (χ2v) is 6.38. The Hall–Kier alpha value is -0.0800. The van der Waals surface area contributed by atoms with Crippen molar-refractivity contribution in [2.45, 2.75) is 83.9 Å². The van der Waals surface area contributed by atoms with Crippen LogP contribution in [-0.2, 0) is 4.74 Å². The van der Waals surface area contributed by atoms with Gasteiger partial charge >= 0.3 is 0 Å². The zero-order valence-electron chi connectivity index (χ0n) is 12.5. The van der Waals surface area contributed by atoms with E-state index in [0.717, 1.165) is 24.5 Å². The number of nitrogens with one attached hydrogen (secondary N) is 1. The van der Waals surface area contributed by atoms with Crippen LogP contribution in [0, 0.1) is 11.8 Å². The lowest BCUT2D eigenvalue weighted by molar-refractivity contribution is -0.00586. The molecule has 2 nitrogen and oxygen atoms in total. The van der Waals surface area contributed by atoms with E-state index in [0.29, 0.717) is 12.1 Å². The maximum atomic E-state index is 5.84. The van der Waals surface area contributed by atoms with E-state index < -0.39 is 0 Å². The lowest BCUT2D eigenvalue weighted by Crippen LogP contribution is -2.45. The van der Waals surface area contributed by atoms with Crippen LogP contribution in [0.25, 0.3) is 0 Å². The molecule has 5 unspecified atom stereocenters. The van der Waals surface area contributed by atoms with E-state index in [1.807, 2.05) is 0 Å². The quantitative estimate of drug-likeness (QED) is 0.805. The Morgan fingerprint density at radius 2 is 2.00 bits per heavy atom. The molecule has 1 N–H and O–H groups in total. The first kappa shape index (κ1) is 14.3. The molecule has 0 bridgehead atoms. The Balaban J connectivity index is 1.79. The minimum Gasteiger partial charge on any atom is -0.378 e. The van der Waals surface area contributed by atoms with E-state index in [2.05, 4.69) is 26.1 Å². The number of hydrogen-bond acceptors (Lipinski definition) is 2. The molecule has 0 aromatic heterocycles. The largest absolute Gasteiger partial charge is 0.378 e. The van der Waals surface area contributed by atoms with Crippen molar-refractivity contribution in [1.82, 2.24) is 5.32 Å². The van der Waals surface area contributed by atoms with Gasteiger partial charge in [0.15, 0.2) is 0 Å². The molecule has 1 aliphatic heterocycles. The fourth-order valence-electron chi connectivity index (χ4n) is 3.92. The van der Waals surface area contributed by atoms with Crippen LogP contribution in [0.2, 0.25) is 0 Å². The first-order valence-electron chi connectivity index (χ1n) is 8.12. The summed E-state index contributed by atoms with van der Waals surface area (Å²) in [5, 5.41) is 3.94. The van der Waals surface area contributed by atoms with Gasteiger partial charge in [-0.25, -0.2) is 0 Å². The van der Waals surface area contributed by atoms with Crippen molar-refractivity contribution in [3.8, 4) is 0 Å². The molecular formula is C16H31NO. The van der Waals surface area contributed by atoms with Crippen molar-refractivity contribution >= 4 is 0 Å². The molecule has 0 radical (unpaired) electrons. The SMILES string of the molecule is CCCC1CC(NC2CCC(CC)C2C)CCO1. The van der Waals surface area contributed by atoms with E-state index in [1.165, 1.54) is 44.9 Å². The highest BCUT2D eigenvalue weighted by Gasteiger charge is 2.33. The predicted octanol–water partition coefficient (Wildman–Crippen LogP) is 3.75. The average molecular weight is 253 g/mol. The van der Waals surface area contributed by atoms with Crippen LogP contribution >= 0.6 is 0 Å². The summed E-state index contributed by atoms with van der Waals surface area (Å²) in [5.41, 5.74) is 0. The van der Waals surface area contributed by atoms with Crippen LogP contribution in [0.5, 0.6) is 0 Å². The molecule has 0 aromatic carbocycles. The van der Waals surface area contributed by atoms with Gasteiger partial charge in [-0.15, -0.1) is 0 Å². The molecule has 0 spiro atoms. The Kier molecular flexibility index (Phi) is 5.50. The summed E-state index contributed by atoms with van der Waals surface area (Å²) in [6.07, 6.45) is 9.59. The van der Waals surface area contributed by atoms with Crippen molar-refractivity contribution in [2.24, 2.45) is 11.8 Å². The van der Waals surface area contributed by atoms with Crippen molar-refractivity contribution in [2.75, 3.05) is 6.61 Å². The first-order chi connectivity index (χ1) is 8.74. The molecule has 1 saturated carbocycles. The van der Waals surface area contributed by atoms with Gasteiger partial charge in [0.05, 0.1) is 6.10 Å². The van der Waals surface area contributed by atoms with Gasteiger partial charge in [-0.3, -0.25) is 0 Å². The molecule has 0 amide bonds. The minimum atomic E-state index is 0.514. The third-order valence-corrected chi connectivity index (χ3v) is 5.18. The highest BCUT2D eigenvalue weighted by atomic mass is 16.5. The molecule has 0 aromatic rings. The molecule has 1 heterocycles. The van der Waals surface area contributed by atoms with E-state index in [4.69, 9.17) is 4.74 Å². The lowest BCUT2D eigenvalue weighted by atomic mass is 9.92. The van der Waals surface area contributed by atoms with Gasteiger partial charge in [-0.05, 0) is 43.9 Å². The fourth-order valence-corrected chi connectivity index (χ4v) is 3.92. The second kappa shape index (κ2) is 6.91. The zero-order chi connectivity index (χ0) is 13.0. The molecule has 18 heavy (non-hydrogen) atoms. The Bertz CT molecular complexity index is 241. The summed E-state index contributed by atoms with van der Waals surface area (Å²) in [6, 6.07) is 1.47. The maximum Gasteiger partial charge on any atom is 0.0589 e. The van der Waals surface area contributed by atoms with E-state index in [-0.39, 0.29) is 0 Å². The van der Waals surface area contributed by atoms with Gasteiger partial charge in [0, 0.05) is 18.7 Å². The van der Waals surface area contributed by atoms with E-state index in [1.54, 1.807) is 0 Å². The van der Waals surface area contributed by atoms with Crippen LogP contribution in [0.15, 0.2) is 0 Å². The zero-order valence-corrected chi connectivity index (χ0v) is 12.5. The van der Waals surface area contributed by atoms with E-state index >= 15 is 0 Å². The van der Waals surface area contributed by atoms with E-state index in [9.17, 15) is 0 Å². The Labute approximate surface area is 113 Å². The van der Waals surface area contributed by atoms with Gasteiger partial charge in [0.1, 0.15) is 0 Å². The van der Waals surface area contributed by atoms with Gasteiger partial charge in [-0.1, -0.05) is 33.6 Å². The molecule has 106 valence electrons. The topological polar surface area (TPSA) is 21.3 Å². The smallest absolute Gasteiger partial charge is 0.0589 e. The average Bonchev–Trinajstić information content (AvgIpc) is 2.71. The van der Waals surface area contributed by atoms with Crippen molar-refractivity contribution in [3.63, 3.8) is 0 Å². The number of hydrogen-bond donors (Lipinski definition) is 1.